The number of rotatable bonds is 7. The number of alkyl halides is 3. The summed E-state index contributed by atoms with van der Waals surface area (Å²) in [5.74, 6) is -0.671. The molecule has 1 saturated heterocycles. The van der Waals surface area contributed by atoms with E-state index < -0.39 is 35.8 Å². The molecule has 4 rings (SSSR count). The third-order valence-electron chi connectivity index (χ3n) is 6.52. The molecule has 12 heteroatoms. The summed E-state index contributed by atoms with van der Waals surface area (Å²) in [6.45, 7) is 2.21. The second-order valence-electron chi connectivity index (χ2n) is 9.21. The highest BCUT2D eigenvalue weighted by atomic mass is 19.4. The number of carbonyl (C=O) groups excluding carboxylic acids is 2. The van der Waals surface area contributed by atoms with Crippen molar-refractivity contribution in [2.24, 2.45) is 10.7 Å². The summed E-state index contributed by atoms with van der Waals surface area (Å²) < 4.78 is 39.2. The number of piperidine rings is 1. The first-order valence-corrected chi connectivity index (χ1v) is 12.0. The number of aliphatic hydroxyl groups is 1. The molecule has 9 nitrogen and oxygen atoms in total. The Kier molecular flexibility index (Phi) is 7.86. The molecule has 2 amide bonds. The highest BCUT2D eigenvalue weighted by Gasteiger charge is 2.46. The van der Waals surface area contributed by atoms with Crippen LogP contribution in [0.15, 0.2) is 53.7 Å². The molecule has 0 bridgehead atoms. The molecule has 1 spiro atoms. The number of benzene rings is 2. The van der Waals surface area contributed by atoms with E-state index in [4.69, 9.17) is 15.7 Å². The second-order valence-corrected chi connectivity index (χ2v) is 9.21. The van der Waals surface area contributed by atoms with Crippen molar-refractivity contribution >= 4 is 29.4 Å². The summed E-state index contributed by atoms with van der Waals surface area (Å²) in [7, 11) is 0. The molecule has 2 aliphatic rings. The molecule has 2 aromatic carbocycles. The molecule has 2 heterocycles. The van der Waals surface area contributed by atoms with E-state index in [-0.39, 0.29) is 17.3 Å². The molecule has 0 unspecified atom stereocenters. The van der Waals surface area contributed by atoms with Crippen molar-refractivity contribution in [3.8, 4) is 0 Å². The first kappa shape index (κ1) is 27.3. The van der Waals surface area contributed by atoms with Crippen molar-refractivity contribution < 1.29 is 32.7 Å². The summed E-state index contributed by atoms with van der Waals surface area (Å²) in [5, 5.41) is 15.9. The van der Waals surface area contributed by atoms with Gasteiger partial charge in [0.25, 0.3) is 5.91 Å². The van der Waals surface area contributed by atoms with Gasteiger partial charge in [0.05, 0.1) is 12.2 Å². The number of aliphatic imine (C=N–C) groups is 1. The average molecular weight is 532 g/mol. The quantitative estimate of drug-likeness (QED) is 0.407. The fourth-order valence-electron chi connectivity index (χ4n) is 4.24. The van der Waals surface area contributed by atoms with E-state index in [0.29, 0.717) is 31.6 Å². The predicted octanol–water partition coefficient (Wildman–Crippen LogP) is 2.59. The van der Waals surface area contributed by atoms with Crippen molar-refractivity contribution in [1.29, 1.82) is 0 Å². The Hall–Kier alpha value is -3.74. The minimum atomic E-state index is -4.49. The topological polar surface area (TPSA) is 129 Å². The van der Waals surface area contributed by atoms with Crippen LogP contribution >= 0.6 is 0 Å². The third kappa shape index (κ3) is 6.04. The number of aryl methyl sites for hydroxylation is 1. The van der Waals surface area contributed by atoms with E-state index in [9.17, 15) is 22.8 Å². The van der Waals surface area contributed by atoms with Crippen molar-refractivity contribution in [1.82, 2.24) is 10.4 Å². The molecule has 1 fully saturated rings. The van der Waals surface area contributed by atoms with E-state index in [0.717, 1.165) is 23.3 Å². The molecule has 202 valence electrons. The van der Waals surface area contributed by atoms with Crippen LogP contribution in [0.5, 0.6) is 0 Å². The molecule has 0 aliphatic carbocycles. The SMILES string of the molecule is Cc1cc(NC(=O)[C@@H](N)CO)ccc1/C=C/ON1CCC2(CC1)N=C(c1cccc(C(F)(F)F)c1)NC2=O. The Balaban J connectivity index is 1.34. The van der Waals surface area contributed by atoms with Gasteiger partial charge in [0.15, 0.2) is 0 Å². The number of nitrogens with one attached hydrogen (secondary N) is 2. The maximum atomic E-state index is 13.1. The molecular weight excluding hydrogens is 503 g/mol. The maximum Gasteiger partial charge on any atom is 0.416 e. The number of anilines is 1. The van der Waals surface area contributed by atoms with E-state index in [1.165, 1.54) is 18.4 Å². The lowest BCUT2D eigenvalue weighted by molar-refractivity contribution is -0.140. The molecule has 5 N–H and O–H groups in total. The zero-order valence-electron chi connectivity index (χ0n) is 20.6. The Morgan fingerprint density at radius 3 is 2.68 bits per heavy atom. The highest BCUT2D eigenvalue weighted by Crippen LogP contribution is 2.33. The molecule has 2 aromatic rings. The van der Waals surface area contributed by atoms with Gasteiger partial charge in [-0.3, -0.25) is 14.6 Å². The van der Waals surface area contributed by atoms with Gasteiger partial charge in [-0.15, -0.1) is 5.06 Å². The van der Waals surface area contributed by atoms with Crippen molar-refractivity contribution in [2.75, 3.05) is 25.0 Å². The Labute approximate surface area is 217 Å². The Morgan fingerprint density at radius 1 is 1.29 bits per heavy atom. The Morgan fingerprint density at radius 2 is 2.03 bits per heavy atom. The van der Waals surface area contributed by atoms with Crippen LogP contribution in [0.2, 0.25) is 0 Å². The zero-order valence-corrected chi connectivity index (χ0v) is 20.6. The predicted molar refractivity (Wildman–Crippen MR) is 135 cm³/mol. The van der Waals surface area contributed by atoms with Crippen LogP contribution in [-0.2, 0) is 20.6 Å². The van der Waals surface area contributed by atoms with E-state index in [1.54, 1.807) is 29.3 Å². The maximum absolute atomic E-state index is 13.1. The molecule has 0 radical (unpaired) electrons. The standard InChI is InChI=1S/C26H28F3N5O4/c1-16-13-20(31-23(36)21(30)15-35)6-5-17(16)7-12-38-34-10-8-25(9-11-34)24(37)32-22(33-25)18-3-2-4-19(14-18)26(27,28)29/h2-7,12-14,21,35H,8-11,15,30H2,1H3,(H,31,36)(H,32,33,37)/b12-7+/t21-/m0/s1. The number of hydroxylamine groups is 2. The molecular formula is C26H28F3N5O4. The van der Waals surface area contributed by atoms with Gasteiger partial charge in [0.1, 0.15) is 23.7 Å². The second kappa shape index (κ2) is 10.9. The zero-order chi connectivity index (χ0) is 27.5. The molecule has 0 saturated carbocycles. The summed E-state index contributed by atoms with van der Waals surface area (Å²) >= 11 is 0. The number of carbonyl (C=O) groups is 2. The summed E-state index contributed by atoms with van der Waals surface area (Å²) in [6.07, 6.45) is -0.516. The number of halogens is 3. The summed E-state index contributed by atoms with van der Waals surface area (Å²) in [4.78, 5) is 34.8. The third-order valence-corrected chi connectivity index (χ3v) is 6.52. The number of hydrogen-bond donors (Lipinski definition) is 4. The van der Waals surface area contributed by atoms with E-state index in [2.05, 4.69) is 15.6 Å². The fourth-order valence-corrected chi connectivity index (χ4v) is 4.24. The van der Waals surface area contributed by atoms with Gasteiger partial charge in [-0.2, -0.15) is 13.2 Å². The highest BCUT2D eigenvalue weighted by molar-refractivity contribution is 6.15. The van der Waals surface area contributed by atoms with Crippen LogP contribution in [0.4, 0.5) is 18.9 Å². The monoisotopic (exact) mass is 531 g/mol. The van der Waals surface area contributed by atoms with Crippen LogP contribution in [0.3, 0.4) is 0 Å². The van der Waals surface area contributed by atoms with Crippen LogP contribution in [-0.4, -0.2) is 59.1 Å². The number of hydrogen-bond acceptors (Lipinski definition) is 7. The number of nitrogens with two attached hydrogens (primary N) is 1. The summed E-state index contributed by atoms with van der Waals surface area (Å²) in [5.41, 5.74) is 6.16. The normalized spacial score (nSPS) is 18.4. The van der Waals surface area contributed by atoms with E-state index in [1.807, 2.05) is 6.92 Å². The number of nitrogens with zero attached hydrogens (tertiary/aromatic N) is 2. The van der Waals surface area contributed by atoms with Gasteiger partial charge in [-0.25, -0.2) is 0 Å². The smallest absolute Gasteiger partial charge is 0.414 e. The van der Waals surface area contributed by atoms with Gasteiger partial charge in [0, 0.05) is 24.3 Å². The largest absolute Gasteiger partial charge is 0.416 e. The van der Waals surface area contributed by atoms with Gasteiger partial charge in [-0.1, -0.05) is 18.2 Å². The number of amidine groups is 1. The van der Waals surface area contributed by atoms with Gasteiger partial charge in [0.2, 0.25) is 5.91 Å². The first-order valence-electron chi connectivity index (χ1n) is 12.0. The van der Waals surface area contributed by atoms with Crippen LogP contribution in [0.25, 0.3) is 6.08 Å². The lowest BCUT2D eigenvalue weighted by Gasteiger charge is -2.33. The van der Waals surface area contributed by atoms with Crippen LogP contribution < -0.4 is 16.4 Å². The minimum Gasteiger partial charge on any atom is -0.414 e. The average Bonchev–Trinajstić information content (AvgIpc) is 3.21. The van der Waals surface area contributed by atoms with Crippen molar-refractivity contribution in [3.05, 3.63) is 71.0 Å². The molecule has 0 aromatic heterocycles. The van der Waals surface area contributed by atoms with Gasteiger partial charge in [-0.05, 0) is 61.2 Å². The molecule has 2 aliphatic heterocycles. The lowest BCUT2D eigenvalue weighted by Crippen LogP contribution is -2.48. The lowest BCUT2D eigenvalue weighted by atomic mass is 9.89. The Bertz CT molecular complexity index is 1270. The van der Waals surface area contributed by atoms with E-state index >= 15 is 0 Å². The van der Waals surface area contributed by atoms with Crippen LogP contribution in [0, 0.1) is 6.92 Å². The molecule has 38 heavy (non-hydrogen) atoms. The van der Waals surface area contributed by atoms with Gasteiger partial charge >= 0.3 is 6.18 Å². The number of amides is 2. The van der Waals surface area contributed by atoms with Crippen molar-refractivity contribution in [2.45, 2.75) is 37.5 Å². The van der Waals surface area contributed by atoms with Crippen LogP contribution in [0.1, 0.15) is 35.1 Å². The van der Waals surface area contributed by atoms with Gasteiger partial charge < -0.3 is 26.3 Å². The molecule has 1 atom stereocenters. The van der Waals surface area contributed by atoms with Crippen molar-refractivity contribution in [3.63, 3.8) is 0 Å². The summed E-state index contributed by atoms with van der Waals surface area (Å²) in [6, 6.07) is 9.01. The first-order chi connectivity index (χ1) is 18.0. The number of aliphatic hydroxyl groups excluding tert-OH is 1. The fraction of sp³-hybridized carbons (Fsp3) is 0.346. The minimum absolute atomic E-state index is 0.142.